The second kappa shape index (κ2) is 6.54. The Morgan fingerprint density at radius 2 is 1.78 bits per heavy atom. The van der Waals surface area contributed by atoms with Gasteiger partial charge < -0.3 is 5.32 Å². The van der Waals surface area contributed by atoms with Gasteiger partial charge in [0.15, 0.2) is 0 Å². The van der Waals surface area contributed by atoms with Crippen LogP contribution in [0.3, 0.4) is 0 Å². The molecule has 0 aliphatic heterocycles. The summed E-state index contributed by atoms with van der Waals surface area (Å²) in [7, 11) is -1.46. The number of hydrogen-bond acceptors (Lipinski definition) is 3. The maximum absolute atomic E-state index is 11.9. The van der Waals surface area contributed by atoms with Crippen LogP contribution in [0.5, 0.6) is 0 Å². The minimum absolute atomic E-state index is 0.128. The molecule has 0 aliphatic carbocycles. The van der Waals surface area contributed by atoms with E-state index in [0.717, 1.165) is 15.6 Å². The van der Waals surface area contributed by atoms with E-state index in [1.54, 1.807) is 0 Å². The highest BCUT2D eigenvalue weighted by molar-refractivity contribution is 9.10. The fourth-order valence-corrected chi connectivity index (χ4v) is 3.66. The summed E-state index contributed by atoms with van der Waals surface area (Å²) < 4.78 is 27.4. The lowest BCUT2D eigenvalue weighted by atomic mass is 10.1. The molecule has 0 spiro atoms. The molecular weight excluding hydrogens is 316 g/mol. The van der Waals surface area contributed by atoms with Gasteiger partial charge in [0.2, 0.25) is 10.0 Å². The first-order valence-electron chi connectivity index (χ1n) is 5.77. The molecule has 1 aromatic carbocycles. The van der Waals surface area contributed by atoms with Crippen molar-refractivity contribution in [2.75, 3.05) is 24.1 Å². The molecule has 0 saturated heterocycles. The van der Waals surface area contributed by atoms with E-state index in [-0.39, 0.29) is 5.75 Å². The van der Waals surface area contributed by atoms with Gasteiger partial charge in [-0.25, -0.2) is 8.42 Å². The molecule has 1 aromatic rings. The number of aryl methyl sites for hydroxylation is 2. The van der Waals surface area contributed by atoms with E-state index in [0.29, 0.717) is 18.7 Å². The van der Waals surface area contributed by atoms with Crippen molar-refractivity contribution in [3.8, 4) is 0 Å². The van der Waals surface area contributed by atoms with E-state index in [1.165, 1.54) is 0 Å². The summed E-state index contributed by atoms with van der Waals surface area (Å²) >= 11 is 3.39. The SMILES string of the molecule is CNCCCS(=O)(=O)Nc1c(C)cc(Br)cc1C. The standard InChI is InChI=1S/C12H19BrN2O2S/c1-9-7-11(13)8-10(2)12(9)15-18(16,17)6-4-5-14-3/h7-8,14-15H,4-6H2,1-3H3. The zero-order valence-electron chi connectivity index (χ0n) is 10.9. The Kier molecular flexibility index (Phi) is 5.62. The third-order valence-corrected chi connectivity index (χ3v) is 4.39. The normalized spacial score (nSPS) is 11.6. The van der Waals surface area contributed by atoms with Crippen molar-refractivity contribution in [1.29, 1.82) is 0 Å². The van der Waals surface area contributed by atoms with E-state index < -0.39 is 10.0 Å². The first-order chi connectivity index (χ1) is 8.35. The van der Waals surface area contributed by atoms with Crippen LogP contribution in [0.4, 0.5) is 5.69 Å². The molecule has 0 heterocycles. The van der Waals surface area contributed by atoms with Crippen LogP contribution in [0.15, 0.2) is 16.6 Å². The summed E-state index contributed by atoms with van der Waals surface area (Å²) in [6, 6.07) is 3.80. The van der Waals surface area contributed by atoms with Gasteiger partial charge >= 0.3 is 0 Å². The molecule has 2 N–H and O–H groups in total. The number of benzene rings is 1. The average Bonchev–Trinajstić information content (AvgIpc) is 2.23. The number of hydrogen-bond donors (Lipinski definition) is 2. The zero-order valence-corrected chi connectivity index (χ0v) is 13.3. The lowest BCUT2D eigenvalue weighted by molar-refractivity contribution is 0.597. The highest BCUT2D eigenvalue weighted by Gasteiger charge is 2.13. The van der Waals surface area contributed by atoms with Gasteiger partial charge in [0.05, 0.1) is 11.4 Å². The van der Waals surface area contributed by atoms with Gasteiger partial charge in [-0.2, -0.15) is 0 Å². The minimum atomic E-state index is -3.27. The van der Waals surface area contributed by atoms with Gasteiger partial charge in [-0.05, 0) is 57.1 Å². The van der Waals surface area contributed by atoms with Crippen molar-refractivity contribution in [3.63, 3.8) is 0 Å². The van der Waals surface area contributed by atoms with E-state index in [4.69, 9.17) is 0 Å². The summed E-state index contributed by atoms with van der Waals surface area (Å²) in [6.45, 7) is 4.48. The van der Waals surface area contributed by atoms with Gasteiger partial charge in [0.1, 0.15) is 0 Å². The Hall–Kier alpha value is -0.590. The van der Waals surface area contributed by atoms with Crippen molar-refractivity contribution in [2.45, 2.75) is 20.3 Å². The number of anilines is 1. The molecule has 0 amide bonds. The monoisotopic (exact) mass is 334 g/mol. The van der Waals surface area contributed by atoms with Gasteiger partial charge in [-0.15, -0.1) is 0 Å². The Balaban J connectivity index is 2.84. The van der Waals surface area contributed by atoms with Crippen molar-refractivity contribution < 1.29 is 8.42 Å². The maximum atomic E-state index is 11.9. The molecule has 0 saturated carbocycles. The Morgan fingerprint density at radius 3 is 2.28 bits per heavy atom. The molecule has 0 atom stereocenters. The lowest BCUT2D eigenvalue weighted by Crippen LogP contribution is -2.21. The molecular formula is C12H19BrN2O2S. The largest absolute Gasteiger partial charge is 0.320 e. The van der Waals surface area contributed by atoms with E-state index in [9.17, 15) is 8.42 Å². The smallest absolute Gasteiger partial charge is 0.232 e. The number of rotatable bonds is 6. The fourth-order valence-electron chi connectivity index (χ4n) is 1.72. The Labute approximate surface area is 117 Å². The first kappa shape index (κ1) is 15.5. The molecule has 18 heavy (non-hydrogen) atoms. The third kappa shape index (κ3) is 4.59. The quantitative estimate of drug-likeness (QED) is 0.785. The Morgan fingerprint density at radius 1 is 1.22 bits per heavy atom. The van der Waals surface area contributed by atoms with Crippen molar-refractivity contribution >= 4 is 31.6 Å². The fraction of sp³-hybridized carbons (Fsp3) is 0.500. The van der Waals surface area contributed by atoms with Crippen LogP contribution in [0.25, 0.3) is 0 Å². The summed E-state index contributed by atoms with van der Waals surface area (Å²) in [6.07, 6.45) is 0.598. The summed E-state index contributed by atoms with van der Waals surface area (Å²) in [4.78, 5) is 0. The van der Waals surface area contributed by atoms with Crippen molar-refractivity contribution in [3.05, 3.63) is 27.7 Å². The zero-order chi connectivity index (χ0) is 13.8. The van der Waals surface area contributed by atoms with Crippen LogP contribution in [-0.4, -0.2) is 27.8 Å². The predicted octanol–water partition coefficient (Wildman–Crippen LogP) is 2.42. The predicted molar refractivity (Wildman–Crippen MR) is 79.6 cm³/mol. The summed E-state index contributed by atoms with van der Waals surface area (Å²) in [5, 5.41) is 2.94. The van der Waals surface area contributed by atoms with Crippen LogP contribution in [0.1, 0.15) is 17.5 Å². The van der Waals surface area contributed by atoms with Gasteiger partial charge in [0, 0.05) is 4.47 Å². The average molecular weight is 335 g/mol. The molecule has 0 bridgehead atoms. The minimum Gasteiger partial charge on any atom is -0.320 e. The van der Waals surface area contributed by atoms with E-state index in [1.807, 2.05) is 33.0 Å². The van der Waals surface area contributed by atoms with Crippen LogP contribution in [0, 0.1) is 13.8 Å². The number of halogens is 1. The summed E-state index contributed by atoms with van der Waals surface area (Å²) in [5.41, 5.74) is 2.51. The number of sulfonamides is 1. The third-order valence-electron chi connectivity index (χ3n) is 2.59. The van der Waals surface area contributed by atoms with Crippen LogP contribution >= 0.6 is 15.9 Å². The second-order valence-electron chi connectivity index (χ2n) is 4.29. The van der Waals surface area contributed by atoms with Crippen molar-refractivity contribution in [1.82, 2.24) is 5.32 Å². The van der Waals surface area contributed by atoms with Gasteiger partial charge in [-0.1, -0.05) is 15.9 Å². The molecule has 0 unspecified atom stereocenters. The van der Waals surface area contributed by atoms with E-state index >= 15 is 0 Å². The highest BCUT2D eigenvalue weighted by atomic mass is 79.9. The molecule has 102 valence electrons. The van der Waals surface area contributed by atoms with Gasteiger partial charge in [0.25, 0.3) is 0 Å². The molecule has 0 fully saturated rings. The second-order valence-corrected chi connectivity index (χ2v) is 7.05. The van der Waals surface area contributed by atoms with Gasteiger partial charge in [-0.3, -0.25) is 4.72 Å². The topological polar surface area (TPSA) is 58.2 Å². The molecule has 4 nitrogen and oxygen atoms in total. The lowest BCUT2D eigenvalue weighted by Gasteiger charge is -2.13. The first-order valence-corrected chi connectivity index (χ1v) is 8.22. The molecule has 0 aromatic heterocycles. The highest BCUT2D eigenvalue weighted by Crippen LogP contribution is 2.26. The molecule has 6 heteroatoms. The molecule has 0 radical (unpaired) electrons. The summed E-state index contributed by atoms with van der Waals surface area (Å²) in [5.74, 6) is 0.128. The molecule has 1 rings (SSSR count). The van der Waals surface area contributed by atoms with Crippen LogP contribution < -0.4 is 10.0 Å². The van der Waals surface area contributed by atoms with Crippen LogP contribution in [0.2, 0.25) is 0 Å². The Bertz CT molecular complexity index is 492. The maximum Gasteiger partial charge on any atom is 0.232 e. The van der Waals surface area contributed by atoms with Crippen molar-refractivity contribution in [2.24, 2.45) is 0 Å². The molecule has 0 aliphatic rings. The van der Waals surface area contributed by atoms with E-state index in [2.05, 4.69) is 26.0 Å². The van der Waals surface area contributed by atoms with Crippen LogP contribution in [-0.2, 0) is 10.0 Å². The number of nitrogens with one attached hydrogen (secondary N) is 2.